The normalized spacial score (nSPS) is 12.5. The molecule has 0 heterocycles. The summed E-state index contributed by atoms with van der Waals surface area (Å²) in [7, 11) is 0.276. The van der Waals surface area contributed by atoms with Crippen LogP contribution in [0.3, 0.4) is 0 Å². The van der Waals surface area contributed by atoms with Crippen molar-refractivity contribution < 1.29 is 0 Å². The van der Waals surface area contributed by atoms with Gasteiger partial charge >= 0.3 is 0 Å². The minimum Gasteiger partial charge on any atom is -0.298 e. The lowest BCUT2D eigenvalue weighted by atomic mass is 10.2. The molecule has 0 N–H and O–H groups in total. The van der Waals surface area contributed by atoms with Gasteiger partial charge in [-0.05, 0) is 47.2 Å². The van der Waals surface area contributed by atoms with E-state index >= 15 is 0 Å². The molecule has 0 aliphatic carbocycles. The lowest BCUT2D eigenvalue weighted by Crippen LogP contribution is -2.38. The Morgan fingerprint density at radius 2 is 1.42 bits per heavy atom. The van der Waals surface area contributed by atoms with E-state index < -0.39 is 0 Å². The first-order valence-corrected chi connectivity index (χ1v) is 7.27. The molecule has 0 fully saturated rings. The number of hydrogen-bond donors (Lipinski definition) is 0. The van der Waals surface area contributed by atoms with Gasteiger partial charge in [-0.15, -0.1) is 7.92 Å². The second-order valence-corrected chi connectivity index (χ2v) is 6.84. The summed E-state index contributed by atoms with van der Waals surface area (Å²) in [6, 6.07) is 1.39. The topological polar surface area (TPSA) is 3.24 Å². The number of hydrogen-bond acceptors (Lipinski definition) is 1. The average molecular weight is 189 g/mol. The van der Waals surface area contributed by atoms with Gasteiger partial charge in [0.2, 0.25) is 0 Å². The molecule has 0 bridgehead atoms. The Labute approximate surface area is 79.3 Å². The Morgan fingerprint density at radius 3 is 1.67 bits per heavy atom. The molecule has 0 atom stereocenters. The second-order valence-electron chi connectivity index (χ2n) is 4.23. The Morgan fingerprint density at radius 1 is 1.00 bits per heavy atom. The van der Waals surface area contributed by atoms with Crippen LogP contribution in [0.2, 0.25) is 0 Å². The third kappa shape index (κ3) is 5.11. The van der Waals surface area contributed by atoms with Crippen molar-refractivity contribution in [2.75, 3.05) is 26.0 Å². The molecule has 0 radical (unpaired) electrons. The van der Waals surface area contributed by atoms with Gasteiger partial charge in [-0.3, -0.25) is 4.90 Å². The molecule has 12 heavy (non-hydrogen) atoms. The van der Waals surface area contributed by atoms with Gasteiger partial charge in [-0.25, -0.2) is 0 Å². The molecule has 0 aromatic carbocycles. The van der Waals surface area contributed by atoms with Gasteiger partial charge in [0, 0.05) is 18.6 Å². The third-order valence-electron chi connectivity index (χ3n) is 2.13. The summed E-state index contributed by atoms with van der Waals surface area (Å²) >= 11 is 0. The van der Waals surface area contributed by atoms with Crippen LogP contribution in [0.25, 0.3) is 0 Å². The molecule has 0 amide bonds. The van der Waals surface area contributed by atoms with E-state index in [-0.39, 0.29) is 7.92 Å². The average Bonchev–Trinajstić information content (AvgIpc) is 1.84. The van der Waals surface area contributed by atoms with Crippen LogP contribution in [-0.2, 0) is 0 Å². The highest BCUT2D eigenvalue weighted by Crippen LogP contribution is 2.24. The van der Waals surface area contributed by atoms with Crippen LogP contribution in [0.1, 0.15) is 27.7 Å². The van der Waals surface area contributed by atoms with Crippen molar-refractivity contribution >= 4 is 7.92 Å². The van der Waals surface area contributed by atoms with Crippen LogP contribution >= 0.6 is 7.92 Å². The van der Waals surface area contributed by atoms with Crippen molar-refractivity contribution in [2.24, 2.45) is 0 Å². The second kappa shape index (κ2) is 5.94. The van der Waals surface area contributed by atoms with Crippen molar-refractivity contribution in [3.63, 3.8) is 0 Å². The Hall–Kier alpha value is 0.390. The lowest BCUT2D eigenvalue weighted by Gasteiger charge is -2.31. The zero-order valence-corrected chi connectivity index (χ0v) is 10.4. The molecule has 0 saturated heterocycles. The van der Waals surface area contributed by atoms with Gasteiger partial charge in [0.1, 0.15) is 0 Å². The molecule has 0 aliphatic rings. The van der Waals surface area contributed by atoms with Crippen LogP contribution in [-0.4, -0.2) is 43.0 Å². The molecule has 0 unspecified atom stereocenters. The minimum absolute atomic E-state index is 0.276. The summed E-state index contributed by atoms with van der Waals surface area (Å²) in [6.45, 7) is 15.1. The Kier molecular flexibility index (Phi) is 6.13. The van der Waals surface area contributed by atoms with Crippen LogP contribution in [0.4, 0.5) is 0 Å². The first-order valence-electron chi connectivity index (χ1n) is 4.85. The van der Waals surface area contributed by atoms with E-state index in [1.165, 1.54) is 12.7 Å². The summed E-state index contributed by atoms with van der Waals surface area (Å²) in [5.41, 5.74) is 0. The van der Waals surface area contributed by atoms with Gasteiger partial charge < -0.3 is 0 Å². The molecule has 74 valence electrons. The maximum absolute atomic E-state index is 2.57. The largest absolute Gasteiger partial charge is 0.298 e. The fraction of sp³-hybridized carbons (Fsp3) is 1.00. The van der Waals surface area contributed by atoms with E-state index in [0.717, 1.165) is 0 Å². The molecule has 0 aromatic rings. The van der Waals surface area contributed by atoms with E-state index in [4.69, 9.17) is 0 Å². The van der Waals surface area contributed by atoms with E-state index in [0.29, 0.717) is 12.1 Å². The predicted molar refractivity (Wildman–Crippen MR) is 60.6 cm³/mol. The van der Waals surface area contributed by atoms with E-state index in [1.807, 2.05) is 0 Å². The maximum atomic E-state index is 2.57. The van der Waals surface area contributed by atoms with Gasteiger partial charge in [-0.1, -0.05) is 0 Å². The van der Waals surface area contributed by atoms with Crippen LogP contribution in [0.15, 0.2) is 0 Å². The van der Waals surface area contributed by atoms with Gasteiger partial charge in [0.05, 0.1) is 0 Å². The van der Waals surface area contributed by atoms with Gasteiger partial charge in [0.25, 0.3) is 0 Å². The number of rotatable bonds is 5. The van der Waals surface area contributed by atoms with Crippen molar-refractivity contribution in [1.29, 1.82) is 0 Å². The van der Waals surface area contributed by atoms with Crippen LogP contribution in [0, 0.1) is 0 Å². The maximum Gasteiger partial charge on any atom is 0.00414 e. The van der Waals surface area contributed by atoms with Crippen molar-refractivity contribution in [1.82, 2.24) is 4.90 Å². The van der Waals surface area contributed by atoms with Crippen molar-refractivity contribution in [2.45, 2.75) is 39.8 Å². The molecule has 0 aliphatic heterocycles. The van der Waals surface area contributed by atoms with Crippen LogP contribution in [0.5, 0.6) is 0 Å². The van der Waals surface area contributed by atoms with Crippen molar-refractivity contribution in [3.8, 4) is 0 Å². The fourth-order valence-electron chi connectivity index (χ4n) is 1.43. The standard InChI is InChI=1S/C10H24NP/c1-9(2)11(10(3)4)7-8-12(5)6/h9-10H,7-8H2,1-6H3. The fourth-order valence-corrected chi connectivity index (χ4v) is 2.06. The Balaban J connectivity index is 3.80. The summed E-state index contributed by atoms with van der Waals surface area (Å²) in [6.07, 6.45) is 1.38. The third-order valence-corrected chi connectivity index (χ3v) is 3.23. The highest BCUT2D eigenvalue weighted by molar-refractivity contribution is 7.56. The first kappa shape index (κ1) is 12.4. The smallest absolute Gasteiger partial charge is 0.00414 e. The molecule has 1 nitrogen and oxygen atoms in total. The zero-order valence-electron chi connectivity index (χ0n) is 9.46. The molecule has 0 spiro atoms. The summed E-state index contributed by atoms with van der Waals surface area (Å²) < 4.78 is 0. The molecular weight excluding hydrogens is 165 g/mol. The molecule has 0 saturated carbocycles. The summed E-state index contributed by atoms with van der Waals surface area (Å²) in [5.74, 6) is 0. The minimum atomic E-state index is 0.276. The highest BCUT2D eigenvalue weighted by atomic mass is 31.1. The molecular formula is C10H24NP. The van der Waals surface area contributed by atoms with Gasteiger partial charge in [-0.2, -0.15) is 0 Å². The summed E-state index contributed by atoms with van der Waals surface area (Å²) in [4.78, 5) is 2.57. The monoisotopic (exact) mass is 189 g/mol. The van der Waals surface area contributed by atoms with Gasteiger partial charge in [0.15, 0.2) is 0 Å². The Bertz CT molecular complexity index is 102. The van der Waals surface area contributed by atoms with E-state index in [9.17, 15) is 0 Å². The van der Waals surface area contributed by atoms with E-state index in [1.54, 1.807) is 0 Å². The molecule has 0 rings (SSSR count). The molecule has 0 aromatic heterocycles. The van der Waals surface area contributed by atoms with Crippen molar-refractivity contribution in [3.05, 3.63) is 0 Å². The zero-order chi connectivity index (χ0) is 9.72. The number of nitrogens with zero attached hydrogens (tertiary/aromatic N) is 1. The van der Waals surface area contributed by atoms with E-state index in [2.05, 4.69) is 45.9 Å². The predicted octanol–water partition coefficient (Wildman–Crippen LogP) is 2.85. The quantitative estimate of drug-likeness (QED) is 0.601. The summed E-state index contributed by atoms with van der Waals surface area (Å²) in [5, 5.41) is 0. The van der Waals surface area contributed by atoms with Crippen LogP contribution < -0.4 is 0 Å². The molecule has 2 heteroatoms. The lowest BCUT2D eigenvalue weighted by molar-refractivity contribution is 0.187. The first-order chi connectivity index (χ1) is 5.45. The highest BCUT2D eigenvalue weighted by Gasteiger charge is 2.12. The SMILES string of the molecule is CC(C)N(CCP(C)C)C(C)C.